The number of pyridine rings is 1. The lowest BCUT2D eigenvalue weighted by Gasteiger charge is -2.10. The van der Waals surface area contributed by atoms with Crippen molar-refractivity contribution in [1.82, 2.24) is 5.32 Å². The molecule has 0 fully saturated rings. The molecule has 1 aromatic heterocycles. The van der Waals surface area contributed by atoms with E-state index in [1.54, 1.807) is 36.4 Å². The van der Waals surface area contributed by atoms with Crippen molar-refractivity contribution in [2.45, 2.75) is 35.7 Å². The maximum absolute atomic E-state index is 12.7. The van der Waals surface area contributed by atoms with E-state index in [0.29, 0.717) is 23.3 Å². The van der Waals surface area contributed by atoms with Crippen molar-refractivity contribution < 1.29 is 35.0 Å². The lowest BCUT2D eigenvalue weighted by molar-refractivity contribution is -0.697. The van der Waals surface area contributed by atoms with Gasteiger partial charge in [-0.15, -0.1) is 0 Å². The lowest BCUT2D eigenvalue weighted by Crippen LogP contribution is -3.00. The standard InChI is InChI=1S/C23H23N3O4S2.ClH/c24-32(29,30)19-12-10-18(11-13-19)17-25-23(28)20-7-2-3-8-21(20)31-22(27)9-6-16-26-14-4-1-5-15-26;/h1-5,7-8,10-15H,6,9,16-17H2,(H2-,24,25,28,29,30);1H. The number of hydrogen-bond acceptors (Lipinski definition) is 5. The number of aryl methyl sites for hydroxylation is 1. The van der Waals surface area contributed by atoms with Crippen LogP contribution in [0.2, 0.25) is 0 Å². The number of nitrogens with zero attached hydrogens (tertiary/aromatic N) is 1. The van der Waals surface area contributed by atoms with Crippen LogP contribution >= 0.6 is 11.8 Å². The van der Waals surface area contributed by atoms with Gasteiger partial charge in [-0.3, -0.25) is 9.59 Å². The van der Waals surface area contributed by atoms with Crippen LogP contribution in [0.1, 0.15) is 28.8 Å². The van der Waals surface area contributed by atoms with Crippen LogP contribution in [0.25, 0.3) is 0 Å². The number of nitrogens with one attached hydrogen (secondary N) is 1. The second-order valence-corrected chi connectivity index (χ2v) is 9.72. The normalized spacial score (nSPS) is 10.8. The van der Waals surface area contributed by atoms with Gasteiger partial charge in [-0.05, 0) is 29.8 Å². The molecular formula is C23H24ClN3O4S2. The van der Waals surface area contributed by atoms with Crippen LogP contribution in [0, 0.1) is 0 Å². The monoisotopic (exact) mass is 505 g/mol. The van der Waals surface area contributed by atoms with E-state index >= 15 is 0 Å². The molecule has 3 N–H and O–H groups in total. The van der Waals surface area contributed by atoms with Gasteiger partial charge in [-0.25, -0.2) is 18.1 Å². The zero-order valence-corrected chi connectivity index (χ0v) is 20.1. The molecule has 0 saturated heterocycles. The molecule has 7 nitrogen and oxygen atoms in total. The molecule has 0 aliphatic rings. The minimum atomic E-state index is -3.76. The van der Waals surface area contributed by atoms with Crippen LogP contribution in [0.3, 0.4) is 0 Å². The SMILES string of the molecule is NS(=O)(=O)c1ccc(CNC(=O)c2ccccc2SC(=O)CCC[n+]2ccccc2)cc1.[Cl-]. The third-order valence-electron chi connectivity index (χ3n) is 4.63. The summed E-state index contributed by atoms with van der Waals surface area (Å²) >= 11 is 1.07. The molecule has 0 saturated carbocycles. The summed E-state index contributed by atoms with van der Waals surface area (Å²) in [5.41, 5.74) is 1.15. The van der Waals surface area contributed by atoms with Crippen LogP contribution in [-0.2, 0) is 27.9 Å². The Kier molecular flexibility index (Phi) is 10.1. The zero-order valence-electron chi connectivity index (χ0n) is 17.7. The number of amides is 1. The fourth-order valence-corrected chi connectivity index (χ4v) is 4.41. The van der Waals surface area contributed by atoms with Gasteiger partial charge >= 0.3 is 0 Å². The first-order chi connectivity index (χ1) is 15.3. The molecule has 0 spiro atoms. The molecule has 3 rings (SSSR count). The van der Waals surface area contributed by atoms with Crippen molar-refractivity contribution in [1.29, 1.82) is 0 Å². The number of sulfonamides is 1. The fraction of sp³-hybridized carbons (Fsp3) is 0.174. The van der Waals surface area contributed by atoms with Gasteiger partial charge < -0.3 is 17.7 Å². The van der Waals surface area contributed by atoms with Crippen LogP contribution < -0.4 is 27.4 Å². The highest BCUT2D eigenvalue weighted by Crippen LogP contribution is 2.25. The number of thioether (sulfide) groups is 1. The smallest absolute Gasteiger partial charge is 0.252 e. The van der Waals surface area contributed by atoms with Gasteiger partial charge in [0.25, 0.3) is 5.91 Å². The highest BCUT2D eigenvalue weighted by atomic mass is 35.5. The number of rotatable bonds is 9. The molecule has 174 valence electrons. The van der Waals surface area contributed by atoms with Crippen molar-refractivity contribution in [3.63, 3.8) is 0 Å². The lowest BCUT2D eigenvalue weighted by atomic mass is 10.2. The average molecular weight is 506 g/mol. The summed E-state index contributed by atoms with van der Waals surface area (Å²) in [6, 6.07) is 18.8. The third-order valence-corrected chi connectivity index (χ3v) is 6.57. The highest BCUT2D eigenvalue weighted by Gasteiger charge is 2.15. The van der Waals surface area contributed by atoms with Crippen molar-refractivity contribution in [3.05, 3.63) is 90.3 Å². The summed E-state index contributed by atoms with van der Waals surface area (Å²) in [6.45, 7) is 0.963. The quantitative estimate of drug-likeness (QED) is 0.305. The summed E-state index contributed by atoms with van der Waals surface area (Å²) in [7, 11) is -3.76. The van der Waals surface area contributed by atoms with Gasteiger partial charge in [-0.1, -0.05) is 42.1 Å². The molecular weight excluding hydrogens is 482 g/mol. The van der Waals surface area contributed by atoms with Crippen LogP contribution in [0.5, 0.6) is 0 Å². The molecule has 1 heterocycles. The number of primary sulfonamides is 1. The molecule has 0 aliphatic carbocycles. The average Bonchev–Trinajstić information content (AvgIpc) is 2.78. The highest BCUT2D eigenvalue weighted by molar-refractivity contribution is 8.13. The Morgan fingerprint density at radius 1 is 0.939 bits per heavy atom. The topological polar surface area (TPSA) is 110 Å². The van der Waals surface area contributed by atoms with E-state index in [2.05, 4.69) is 5.32 Å². The molecule has 0 aliphatic heterocycles. The predicted octanol–water partition coefficient (Wildman–Crippen LogP) is -0.345. The van der Waals surface area contributed by atoms with Gasteiger partial charge in [-0.2, -0.15) is 0 Å². The largest absolute Gasteiger partial charge is 1.00 e. The maximum atomic E-state index is 12.7. The summed E-state index contributed by atoms with van der Waals surface area (Å²) in [5.74, 6) is -0.309. The van der Waals surface area contributed by atoms with Crippen LogP contribution in [0.4, 0.5) is 0 Å². The molecule has 10 heteroatoms. The first kappa shape index (κ1) is 26.5. The molecule has 33 heavy (non-hydrogen) atoms. The Balaban J connectivity index is 0.00000385. The van der Waals surface area contributed by atoms with Crippen LogP contribution in [0.15, 0.2) is 88.9 Å². The second-order valence-electron chi connectivity index (χ2n) is 7.06. The van der Waals surface area contributed by atoms with Gasteiger partial charge in [0.05, 0.1) is 10.5 Å². The van der Waals surface area contributed by atoms with Gasteiger partial charge in [0, 0.05) is 36.4 Å². The van der Waals surface area contributed by atoms with Crippen molar-refractivity contribution in [2.24, 2.45) is 5.14 Å². The number of hydrogen-bond donors (Lipinski definition) is 2. The summed E-state index contributed by atoms with van der Waals surface area (Å²) in [6.07, 6.45) is 5.03. The fourth-order valence-electron chi connectivity index (χ4n) is 2.98. The number of carbonyl (C=O) groups is 2. The van der Waals surface area contributed by atoms with E-state index < -0.39 is 10.0 Å². The number of benzene rings is 2. The van der Waals surface area contributed by atoms with Crippen LogP contribution in [-0.4, -0.2) is 19.4 Å². The summed E-state index contributed by atoms with van der Waals surface area (Å²) in [4.78, 5) is 25.7. The van der Waals surface area contributed by atoms with Crippen molar-refractivity contribution >= 4 is 32.8 Å². The molecule has 0 atom stereocenters. The third kappa shape index (κ3) is 8.29. The Morgan fingerprint density at radius 3 is 2.27 bits per heavy atom. The minimum absolute atomic E-state index is 0. The number of aromatic nitrogens is 1. The van der Waals surface area contributed by atoms with Gasteiger partial charge in [0.2, 0.25) is 10.0 Å². The number of carbonyl (C=O) groups excluding carboxylic acids is 2. The molecule has 1 amide bonds. The zero-order chi connectivity index (χ0) is 23.0. The summed E-state index contributed by atoms with van der Waals surface area (Å²) in [5, 5.41) is 7.90. The Bertz CT molecular complexity index is 1190. The van der Waals surface area contributed by atoms with Gasteiger partial charge in [0.1, 0.15) is 6.54 Å². The van der Waals surface area contributed by atoms with E-state index in [-0.39, 0.29) is 34.9 Å². The first-order valence-electron chi connectivity index (χ1n) is 9.96. The van der Waals surface area contributed by atoms with E-state index in [1.165, 1.54) is 12.1 Å². The van der Waals surface area contributed by atoms with E-state index in [9.17, 15) is 18.0 Å². The summed E-state index contributed by atoms with van der Waals surface area (Å²) < 4.78 is 24.7. The van der Waals surface area contributed by atoms with Crippen molar-refractivity contribution in [3.8, 4) is 0 Å². The van der Waals surface area contributed by atoms with Gasteiger partial charge in [0.15, 0.2) is 17.5 Å². The minimum Gasteiger partial charge on any atom is -1.00 e. The van der Waals surface area contributed by atoms with Crippen molar-refractivity contribution in [2.75, 3.05) is 0 Å². The second kappa shape index (κ2) is 12.5. The van der Waals surface area contributed by atoms with E-state index in [0.717, 1.165) is 23.9 Å². The Morgan fingerprint density at radius 2 is 1.61 bits per heavy atom. The predicted molar refractivity (Wildman–Crippen MR) is 122 cm³/mol. The Hall–Kier alpha value is -2.72. The molecule has 2 aromatic carbocycles. The number of halogens is 1. The molecule has 0 unspecified atom stereocenters. The first-order valence-corrected chi connectivity index (χ1v) is 12.3. The molecule has 0 bridgehead atoms. The number of nitrogens with two attached hydrogens (primary N) is 1. The molecule has 3 aromatic rings. The maximum Gasteiger partial charge on any atom is 0.252 e. The molecule has 0 radical (unpaired) electrons. The van der Waals surface area contributed by atoms with E-state index in [1.807, 2.05) is 35.2 Å². The Labute approximate surface area is 203 Å². The van der Waals surface area contributed by atoms with E-state index in [4.69, 9.17) is 5.14 Å².